The van der Waals surface area contributed by atoms with Crippen LogP contribution in [0.5, 0.6) is 5.75 Å². The standard InChI is InChI=1S/C14H15ClN6O3/c1-24-12-6-11(21-7-17-19-20-21)9(15)5-8(12)13(22)18-10-3-2-4-16-14(10)23/h5-7,10H,2-4H2,1H3,(H,16,23)(H,18,22). The van der Waals surface area contributed by atoms with E-state index in [2.05, 4.69) is 26.2 Å². The SMILES string of the molecule is COc1cc(-n2cnnn2)c(Cl)cc1C(=O)NC1CCCNC1=O. The van der Waals surface area contributed by atoms with E-state index in [1.54, 1.807) is 6.07 Å². The molecule has 0 saturated carbocycles. The first kappa shape index (κ1) is 16.2. The van der Waals surface area contributed by atoms with Crippen LogP contribution in [0.15, 0.2) is 18.5 Å². The Morgan fingerprint density at radius 2 is 2.33 bits per heavy atom. The Bertz CT molecular complexity index is 764. The van der Waals surface area contributed by atoms with Gasteiger partial charge in [-0.3, -0.25) is 9.59 Å². The number of amides is 2. The summed E-state index contributed by atoms with van der Waals surface area (Å²) >= 11 is 6.23. The predicted octanol–water partition coefficient (Wildman–Crippen LogP) is 0.333. The molecule has 1 aliphatic heterocycles. The van der Waals surface area contributed by atoms with Crippen LogP contribution in [0.25, 0.3) is 5.69 Å². The van der Waals surface area contributed by atoms with Gasteiger partial charge in [-0.25, -0.2) is 0 Å². The van der Waals surface area contributed by atoms with Gasteiger partial charge < -0.3 is 15.4 Å². The average Bonchev–Trinajstić information content (AvgIpc) is 3.11. The van der Waals surface area contributed by atoms with Crippen LogP contribution in [-0.2, 0) is 4.79 Å². The van der Waals surface area contributed by atoms with Crippen molar-refractivity contribution < 1.29 is 14.3 Å². The molecule has 0 aliphatic carbocycles. The summed E-state index contributed by atoms with van der Waals surface area (Å²) in [6.45, 7) is 0.626. The molecule has 2 aromatic rings. The Kier molecular flexibility index (Phi) is 4.61. The second-order valence-corrected chi connectivity index (χ2v) is 5.62. The van der Waals surface area contributed by atoms with E-state index in [9.17, 15) is 9.59 Å². The van der Waals surface area contributed by atoms with Gasteiger partial charge in [-0.2, -0.15) is 4.68 Å². The Labute approximate surface area is 142 Å². The first-order chi connectivity index (χ1) is 11.6. The maximum absolute atomic E-state index is 12.5. The van der Waals surface area contributed by atoms with Crippen molar-refractivity contribution >= 4 is 23.4 Å². The molecule has 2 amide bonds. The molecule has 1 unspecified atom stereocenters. The van der Waals surface area contributed by atoms with Crippen LogP contribution in [-0.4, -0.2) is 51.7 Å². The van der Waals surface area contributed by atoms with Crippen LogP contribution < -0.4 is 15.4 Å². The normalized spacial score (nSPS) is 17.2. The molecular weight excluding hydrogens is 336 g/mol. The van der Waals surface area contributed by atoms with Gasteiger partial charge in [-0.1, -0.05) is 11.6 Å². The number of tetrazole rings is 1. The number of methoxy groups -OCH3 is 1. The summed E-state index contributed by atoms with van der Waals surface area (Å²) in [5, 5.41) is 16.6. The number of nitrogens with one attached hydrogen (secondary N) is 2. The maximum Gasteiger partial charge on any atom is 0.255 e. The fourth-order valence-electron chi connectivity index (χ4n) is 2.48. The number of hydrogen-bond acceptors (Lipinski definition) is 6. The zero-order chi connectivity index (χ0) is 17.1. The van der Waals surface area contributed by atoms with Crippen molar-refractivity contribution in [3.05, 3.63) is 29.0 Å². The zero-order valence-corrected chi connectivity index (χ0v) is 13.6. The number of hydrogen-bond donors (Lipinski definition) is 2. The van der Waals surface area contributed by atoms with Crippen LogP contribution >= 0.6 is 11.6 Å². The van der Waals surface area contributed by atoms with E-state index in [1.807, 2.05) is 0 Å². The van der Waals surface area contributed by atoms with E-state index in [0.29, 0.717) is 24.4 Å². The summed E-state index contributed by atoms with van der Waals surface area (Å²) in [4.78, 5) is 24.3. The number of carbonyl (C=O) groups excluding carboxylic acids is 2. The maximum atomic E-state index is 12.5. The van der Waals surface area contributed by atoms with Crippen molar-refractivity contribution in [2.75, 3.05) is 13.7 Å². The van der Waals surface area contributed by atoms with Gasteiger partial charge in [0.25, 0.3) is 5.91 Å². The third kappa shape index (κ3) is 3.16. The molecule has 3 rings (SSSR count). The summed E-state index contributed by atoms with van der Waals surface area (Å²) in [6.07, 6.45) is 2.79. The predicted molar refractivity (Wildman–Crippen MR) is 84.2 cm³/mol. The zero-order valence-electron chi connectivity index (χ0n) is 12.8. The molecule has 24 heavy (non-hydrogen) atoms. The van der Waals surface area contributed by atoms with E-state index in [1.165, 1.54) is 24.2 Å². The van der Waals surface area contributed by atoms with E-state index >= 15 is 0 Å². The monoisotopic (exact) mass is 350 g/mol. The summed E-state index contributed by atoms with van der Waals surface area (Å²) in [7, 11) is 1.44. The van der Waals surface area contributed by atoms with Crippen molar-refractivity contribution in [3.63, 3.8) is 0 Å². The molecule has 2 N–H and O–H groups in total. The summed E-state index contributed by atoms with van der Waals surface area (Å²) in [5.41, 5.74) is 0.711. The summed E-state index contributed by atoms with van der Waals surface area (Å²) in [6, 6.07) is 2.47. The second kappa shape index (κ2) is 6.83. The van der Waals surface area contributed by atoms with Gasteiger partial charge in [0.2, 0.25) is 5.91 Å². The highest BCUT2D eigenvalue weighted by atomic mass is 35.5. The number of aromatic nitrogens is 4. The highest BCUT2D eigenvalue weighted by Crippen LogP contribution is 2.29. The third-order valence-corrected chi connectivity index (χ3v) is 4.00. The smallest absolute Gasteiger partial charge is 0.255 e. The van der Waals surface area contributed by atoms with Gasteiger partial charge in [-0.05, 0) is 29.3 Å². The second-order valence-electron chi connectivity index (χ2n) is 5.22. The lowest BCUT2D eigenvalue weighted by molar-refractivity contribution is -0.124. The molecule has 0 radical (unpaired) electrons. The first-order valence-electron chi connectivity index (χ1n) is 7.29. The van der Waals surface area contributed by atoms with Crippen LogP contribution in [0.4, 0.5) is 0 Å². The van der Waals surface area contributed by atoms with Gasteiger partial charge in [0, 0.05) is 12.6 Å². The molecule has 1 aliphatic rings. The van der Waals surface area contributed by atoms with Gasteiger partial charge in [0.05, 0.1) is 23.4 Å². The molecule has 1 aromatic heterocycles. The van der Waals surface area contributed by atoms with E-state index < -0.39 is 11.9 Å². The molecule has 9 nitrogen and oxygen atoms in total. The molecule has 126 valence electrons. The fourth-order valence-corrected chi connectivity index (χ4v) is 2.73. The highest BCUT2D eigenvalue weighted by molar-refractivity contribution is 6.33. The molecule has 1 saturated heterocycles. The number of benzene rings is 1. The Balaban J connectivity index is 1.88. The lowest BCUT2D eigenvalue weighted by atomic mass is 10.1. The molecule has 0 spiro atoms. The van der Waals surface area contributed by atoms with Crippen molar-refractivity contribution in [1.82, 2.24) is 30.8 Å². The van der Waals surface area contributed by atoms with Crippen molar-refractivity contribution in [2.24, 2.45) is 0 Å². The Morgan fingerprint density at radius 1 is 1.50 bits per heavy atom. The van der Waals surface area contributed by atoms with Gasteiger partial charge in [0.15, 0.2) is 0 Å². The van der Waals surface area contributed by atoms with Crippen molar-refractivity contribution in [1.29, 1.82) is 0 Å². The fraction of sp³-hybridized carbons (Fsp3) is 0.357. The largest absolute Gasteiger partial charge is 0.496 e. The number of ether oxygens (including phenoxy) is 1. The topological polar surface area (TPSA) is 111 Å². The van der Waals surface area contributed by atoms with Crippen LogP contribution in [0, 0.1) is 0 Å². The van der Waals surface area contributed by atoms with Gasteiger partial charge in [-0.15, -0.1) is 5.10 Å². The van der Waals surface area contributed by atoms with E-state index in [0.717, 1.165) is 6.42 Å². The minimum Gasteiger partial charge on any atom is -0.496 e. The lowest BCUT2D eigenvalue weighted by Gasteiger charge is -2.23. The number of rotatable bonds is 4. The Hall–Kier alpha value is -2.68. The van der Waals surface area contributed by atoms with Crippen molar-refractivity contribution in [2.45, 2.75) is 18.9 Å². The number of piperidine rings is 1. The Morgan fingerprint density at radius 3 is 3.00 bits per heavy atom. The molecule has 2 heterocycles. The first-order valence-corrected chi connectivity index (χ1v) is 7.67. The average molecular weight is 351 g/mol. The minimum atomic E-state index is -0.561. The molecule has 1 aromatic carbocycles. The van der Waals surface area contributed by atoms with E-state index in [4.69, 9.17) is 16.3 Å². The number of nitrogens with zero attached hydrogens (tertiary/aromatic N) is 4. The number of halogens is 1. The number of carbonyl (C=O) groups is 2. The molecular formula is C14H15ClN6O3. The van der Waals surface area contributed by atoms with Crippen LogP contribution in [0.1, 0.15) is 23.2 Å². The summed E-state index contributed by atoms with van der Waals surface area (Å²) in [5.74, 6) is -0.317. The van der Waals surface area contributed by atoms with E-state index in [-0.39, 0.29) is 16.5 Å². The minimum absolute atomic E-state index is 0.190. The summed E-state index contributed by atoms with van der Waals surface area (Å²) < 4.78 is 6.64. The molecule has 0 bridgehead atoms. The molecule has 10 heteroatoms. The van der Waals surface area contributed by atoms with Crippen LogP contribution in [0.3, 0.4) is 0 Å². The molecule has 1 atom stereocenters. The van der Waals surface area contributed by atoms with Gasteiger partial charge in [0.1, 0.15) is 18.1 Å². The van der Waals surface area contributed by atoms with Crippen LogP contribution in [0.2, 0.25) is 5.02 Å². The highest BCUT2D eigenvalue weighted by Gasteiger charge is 2.26. The van der Waals surface area contributed by atoms with Gasteiger partial charge >= 0.3 is 0 Å². The van der Waals surface area contributed by atoms with Crippen molar-refractivity contribution in [3.8, 4) is 11.4 Å². The quantitative estimate of drug-likeness (QED) is 0.822. The third-order valence-electron chi connectivity index (χ3n) is 3.70. The lowest BCUT2D eigenvalue weighted by Crippen LogP contribution is -2.50. The molecule has 1 fully saturated rings.